The molecule has 0 aliphatic heterocycles. The Morgan fingerprint density at radius 3 is 2.48 bits per heavy atom. The summed E-state index contributed by atoms with van der Waals surface area (Å²) < 4.78 is 0.956. The number of amides is 1. The molecule has 0 saturated heterocycles. The lowest BCUT2D eigenvalue weighted by Gasteiger charge is -2.19. The van der Waals surface area contributed by atoms with Crippen LogP contribution in [0.1, 0.15) is 15.2 Å². The number of nitrogens with zero attached hydrogens (tertiary/aromatic N) is 2. The van der Waals surface area contributed by atoms with Gasteiger partial charge in [0.05, 0.1) is 6.54 Å². The van der Waals surface area contributed by atoms with E-state index >= 15 is 0 Å². The highest BCUT2D eigenvalue weighted by Gasteiger charge is 2.19. The molecule has 2 rings (SSSR count). The first kappa shape index (κ1) is 15.5. The van der Waals surface area contributed by atoms with E-state index < -0.39 is 5.97 Å². The van der Waals surface area contributed by atoms with Crippen molar-refractivity contribution in [3.05, 3.63) is 34.7 Å². The van der Waals surface area contributed by atoms with Crippen molar-refractivity contribution in [3.63, 3.8) is 0 Å². The molecule has 0 aliphatic rings. The van der Waals surface area contributed by atoms with E-state index in [-0.39, 0.29) is 12.5 Å². The van der Waals surface area contributed by atoms with Crippen LogP contribution in [-0.2, 0) is 11.3 Å². The lowest BCUT2D eigenvalue weighted by molar-refractivity contribution is -0.129. The van der Waals surface area contributed by atoms with Crippen molar-refractivity contribution >= 4 is 33.3 Å². The average Bonchev–Trinajstić information content (AvgIpc) is 2.78. The molecular weight excluding hydrogens is 288 g/mol. The molecule has 1 aromatic carbocycles. The number of carboxylic acid groups (broad SMARTS) is 1. The van der Waals surface area contributed by atoms with E-state index in [1.54, 1.807) is 14.1 Å². The number of fused-ring (bicyclic) bond motifs is 1. The lowest BCUT2D eigenvalue weighted by Crippen LogP contribution is -2.34. The fourth-order valence-corrected chi connectivity index (χ4v) is 3.18. The summed E-state index contributed by atoms with van der Waals surface area (Å²) in [7, 11) is 5.23. The van der Waals surface area contributed by atoms with Crippen LogP contribution in [0.3, 0.4) is 0 Å². The summed E-state index contributed by atoms with van der Waals surface area (Å²) >= 11 is 1.28. The molecular formula is C15H18N2O3S. The quantitative estimate of drug-likeness (QED) is 0.919. The second-order valence-corrected chi connectivity index (χ2v) is 6.22. The molecule has 0 fully saturated rings. The van der Waals surface area contributed by atoms with Crippen molar-refractivity contribution in [1.82, 2.24) is 9.80 Å². The zero-order valence-corrected chi connectivity index (χ0v) is 13.1. The summed E-state index contributed by atoms with van der Waals surface area (Å²) in [5, 5.41) is 10.3. The van der Waals surface area contributed by atoms with Crippen molar-refractivity contribution in [1.29, 1.82) is 0 Å². The minimum absolute atomic E-state index is 0.00564. The monoisotopic (exact) mass is 306 g/mol. The first-order chi connectivity index (χ1) is 9.90. The van der Waals surface area contributed by atoms with Crippen LogP contribution in [0.15, 0.2) is 24.3 Å². The highest BCUT2D eigenvalue weighted by molar-refractivity contribution is 7.21. The molecule has 0 aliphatic carbocycles. The standard InChI is InChI=1S/C15H18N2O3S/c1-16(2)13(18)9-17(3)8-11-10-6-4-5-7-12(10)21-14(11)15(19)20/h4-7H,8-9H2,1-3H3,(H,19,20). The van der Waals surface area contributed by atoms with Gasteiger partial charge >= 0.3 is 5.97 Å². The lowest BCUT2D eigenvalue weighted by atomic mass is 10.1. The summed E-state index contributed by atoms with van der Waals surface area (Å²) in [6, 6.07) is 7.64. The van der Waals surface area contributed by atoms with Gasteiger partial charge in [-0.15, -0.1) is 11.3 Å². The largest absolute Gasteiger partial charge is 0.477 e. The van der Waals surface area contributed by atoms with E-state index in [1.807, 2.05) is 36.2 Å². The third kappa shape index (κ3) is 3.40. The topological polar surface area (TPSA) is 60.9 Å². The van der Waals surface area contributed by atoms with Crippen LogP contribution in [0, 0.1) is 0 Å². The van der Waals surface area contributed by atoms with Crippen molar-refractivity contribution in [2.24, 2.45) is 0 Å². The van der Waals surface area contributed by atoms with Gasteiger partial charge < -0.3 is 10.0 Å². The Kier molecular flexibility index (Phi) is 4.59. The van der Waals surface area contributed by atoms with E-state index in [0.29, 0.717) is 11.4 Å². The summed E-state index contributed by atoms with van der Waals surface area (Å²) in [6.45, 7) is 0.696. The van der Waals surface area contributed by atoms with Crippen molar-refractivity contribution in [3.8, 4) is 0 Å². The summed E-state index contributed by atoms with van der Waals surface area (Å²) in [4.78, 5) is 26.9. The molecule has 0 unspecified atom stereocenters. The molecule has 1 aromatic heterocycles. The van der Waals surface area contributed by atoms with Gasteiger partial charge in [-0.1, -0.05) is 18.2 Å². The number of likely N-dealkylation sites (N-methyl/N-ethyl adjacent to an activating group) is 2. The first-order valence-corrected chi connectivity index (χ1v) is 7.34. The van der Waals surface area contributed by atoms with E-state index in [4.69, 9.17) is 0 Å². The highest BCUT2D eigenvalue weighted by Crippen LogP contribution is 2.32. The molecule has 0 radical (unpaired) electrons. The van der Waals surface area contributed by atoms with Crippen LogP contribution >= 0.6 is 11.3 Å². The number of rotatable bonds is 5. The molecule has 0 spiro atoms. The number of carbonyl (C=O) groups is 2. The van der Waals surface area contributed by atoms with Crippen LogP contribution < -0.4 is 0 Å². The number of aromatic carboxylic acids is 1. The second kappa shape index (κ2) is 6.24. The molecule has 1 amide bonds. The molecule has 5 nitrogen and oxygen atoms in total. The number of thiophene rings is 1. The molecule has 0 bridgehead atoms. The van der Waals surface area contributed by atoms with Gasteiger partial charge in [-0.05, 0) is 24.1 Å². The summed E-state index contributed by atoms with van der Waals surface area (Å²) in [6.07, 6.45) is 0. The van der Waals surface area contributed by atoms with E-state index in [0.717, 1.165) is 15.6 Å². The van der Waals surface area contributed by atoms with Gasteiger partial charge in [0, 0.05) is 25.3 Å². The number of carboxylic acids is 1. The Hall–Kier alpha value is -1.92. The smallest absolute Gasteiger partial charge is 0.346 e. The maximum absolute atomic E-state index is 11.7. The van der Waals surface area contributed by atoms with Gasteiger partial charge in [-0.3, -0.25) is 9.69 Å². The van der Waals surface area contributed by atoms with Crippen LogP contribution in [0.5, 0.6) is 0 Å². The molecule has 21 heavy (non-hydrogen) atoms. The fraction of sp³-hybridized carbons (Fsp3) is 0.333. The van der Waals surface area contributed by atoms with Crippen molar-refractivity contribution in [2.45, 2.75) is 6.54 Å². The van der Waals surface area contributed by atoms with Crippen LogP contribution in [0.4, 0.5) is 0 Å². The average molecular weight is 306 g/mol. The zero-order valence-electron chi connectivity index (χ0n) is 12.3. The third-order valence-electron chi connectivity index (χ3n) is 3.22. The maximum atomic E-state index is 11.7. The third-order valence-corrected chi connectivity index (χ3v) is 4.43. The molecule has 1 N–H and O–H groups in total. The molecule has 112 valence electrons. The molecule has 6 heteroatoms. The minimum Gasteiger partial charge on any atom is -0.477 e. The Labute approximate surface area is 127 Å². The number of benzene rings is 1. The molecule has 2 aromatic rings. The fourth-order valence-electron chi connectivity index (χ4n) is 2.13. The Morgan fingerprint density at radius 1 is 1.19 bits per heavy atom. The molecule has 0 atom stereocenters. The zero-order chi connectivity index (χ0) is 15.6. The SMILES string of the molecule is CN(CC(=O)N(C)C)Cc1c(C(=O)O)sc2ccccc12. The van der Waals surface area contributed by atoms with Crippen molar-refractivity contribution in [2.75, 3.05) is 27.7 Å². The Morgan fingerprint density at radius 2 is 1.86 bits per heavy atom. The van der Waals surface area contributed by atoms with E-state index in [9.17, 15) is 14.7 Å². The summed E-state index contributed by atoms with van der Waals surface area (Å²) in [5.41, 5.74) is 0.775. The van der Waals surface area contributed by atoms with Crippen LogP contribution in [0.2, 0.25) is 0 Å². The first-order valence-electron chi connectivity index (χ1n) is 6.52. The number of hydrogen-bond donors (Lipinski definition) is 1. The minimum atomic E-state index is -0.918. The van der Waals surface area contributed by atoms with E-state index in [1.165, 1.54) is 16.2 Å². The van der Waals surface area contributed by atoms with Crippen LogP contribution in [-0.4, -0.2) is 54.5 Å². The highest BCUT2D eigenvalue weighted by atomic mass is 32.1. The summed E-state index contributed by atoms with van der Waals surface area (Å²) in [5.74, 6) is -0.924. The second-order valence-electron chi connectivity index (χ2n) is 5.17. The van der Waals surface area contributed by atoms with Crippen LogP contribution in [0.25, 0.3) is 10.1 Å². The normalized spacial score (nSPS) is 11.0. The number of hydrogen-bond acceptors (Lipinski definition) is 4. The predicted molar refractivity (Wildman–Crippen MR) is 83.8 cm³/mol. The van der Waals surface area contributed by atoms with Gasteiger partial charge in [0.2, 0.25) is 5.91 Å². The van der Waals surface area contributed by atoms with Gasteiger partial charge in [0.1, 0.15) is 4.88 Å². The van der Waals surface area contributed by atoms with Gasteiger partial charge in [-0.2, -0.15) is 0 Å². The Balaban J connectivity index is 2.30. The van der Waals surface area contributed by atoms with Gasteiger partial charge in [-0.25, -0.2) is 4.79 Å². The van der Waals surface area contributed by atoms with Crippen molar-refractivity contribution < 1.29 is 14.7 Å². The van der Waals surface area contributed by atoms with Gasteiger partial charge in [0.25, 0.3) is 0 Å². The number of carbonyl (C=O) groups excluding carboxylic acids is 1. The Bertz CT molecular complexity index is 679. The molecule has 0 saturated carbocycles. The van der Waals surface area contributed by atoms with E-state index in [2.05, 4.69) is 0 Å². The predicted octanol–water partition coefficient (Wildman–Crippen LogP) is 2.12. The molecule has 1 heterocycles. The maximum Gasteiger partial charge on any atom is 0.346 e. The van der Waals surface area contributed by atoms with Gasteiger partial charge in [0.15, 0.2) is 0 Å².